The predicted octanol–water partition coefficient (Wildman–Crippen LogP) is 5.95. The third-order valence-corrected chi connectivity index (χ3v) is 8.46. The third kappa shape index (κ3) is 6.06. The van der Waals surface area contributed by atoms with Crippen molar-refractivity contribution >= 4 is 11.6 Å². The van der Waals surface area contributed by atoms with E-state index in [1.54, 1.807) is 19.4 Å². The lowest BCUT2D eigenvalue weighted by Crippen LogP contribution is -2.36. The Bertz CT molecular complexity index is 1710. The monoisotopic (exact) mass is 582 g/mol. The second-order valence-electron chi connectivity index (χ2n) is 11.1. The van der Waals surface area contributed by atoms with Crippen LogP contribution in [0.1, 0.15) is 80.8 Å². The molecule has 1 aliphatic rings. The molecule has 1 fully saturated rings. The summed E-state index contributed by atoms with van der Waals surface area (Å²) in [6, 6.07) is 17.4. The molecule has 2 heterocycles. The molecule has 0 amide bonds. The Morgan fingerprint density at radius 2 is 1.91 bits per heavy atom. The highest BCUT2D eigenvalue weighted by atomic mass is 16.5. The van der Waals surface area contributed by atoms with E-state index in [4.69, 9.17) is 9.47 Å². The van der Waals surface area contributed by atoms with Gasteiger partial charge in [0, 0.05) is 24.1 Å². The molecule has 4 aromatic rings. The van der Waals surface area contributed by atoms with Crippen molar-refractivity contribution in [2.45, 2.75) is 83.5 Å². The molecule has 1 N–H and O–H groups in total. The van der Waals surface area contributed by atoms with Gasteiger partial charge in [-0.05, 0) is 67.3 Å². The maximum atomic E-state index is 14.4. The molecule has 2 aromatic carbocycles. The van der Waals surface area contributed by atoms with Crippen LogP contribution in [0.2, 0.25) is 0 Å². The van der Waals surface area contributed by atoms with Crippen LogP contribution in [0.25, 0.3) is 16.8 Å². The van der Waals surface area contributed by atoms with Crippen LogP contribution in [0, 0.1) is 11.3 Å². The summed E-state index contributed by atoms with van der Waals surface area (Å²) in [6.07, 6.45) is 5.95. The number of ether oxygens (including phenoxy) is 2. The summed E-state index contributed by atoms with van der Waals surface area (Å²) in [4.78, 5) is 25.9. The second kappa shape index (κ2) is 13.3. The number of hydrogen-bond donors (Lipinski definition) is 1. The number of carboxylic acids is 1. The largest absolute Gasteiger partial charge is 0.496 e. The van der Waals surface area contributed by atoms with Crippen LogP contribution in [0.15, 0.2) is 59.5 Å². The van der Waals surface area contributed by atoms with Gasteiger partial charge in [0.25, 0.3) is 5.56 Å². The molecule has 1 atom stereocenters. The van der Waals surface area contributed by atoms with Gasteiger partial charge in [-0.3, -0.25) is 9.36 Å². The van der Waals surface area contributed by atoms with Gasteiger partial charge in [0.1, 0.15) is 11.4 Å². The SMILES string of the molecule is CCCc1c(Cc2ccc(-c3ccccc3C#N)cc2OC)c(=O)n(C2CCC(OC(CC)C(=O)O)CC2)c2ccnn12. The fourth-order valence-electron chi connectivity index (χ4n) is 6.29. The quantitative estimate of drug-likeness (QED) is 0.232. The predicted molar refractivity (Wildman–Crippen MR) is 163 cm³/mol. The first kappa shape index (κ1) is 30.1. The van der Waals surface area contributed by atoms with Crippen molar-refractivity contribution < 1.29 is 19.4 Å². The Morgan fingerprint density at radius 1 is 1.14 bits per heavy atom. The van der Waals surface area contributed by atoms with E-state index in [-0.39, 0.29) is 17.7 Å². The van der Waals surface area contributed by atoms with Crippen LogP contribution in [0.4, 0.5) is 0 Å². The maximum absolute atomic E-state index is 14.4. The molecular formula is C34H38N4O5. The third-order valence-electron chi connectivity index (χ3n) is 8.46. The van der Waals surface area contributed by atoms with Crippen molar-refractivity contribution in [1.29, 1.82) is 5.26 Å². The number of hydrogen-bond acceptors (Lipinski definition) is 6. The standard InChI is InChI=1S/C34H38N4O5/c1-4-8-29-28(19-23-12-11-22(20-31(23)42-3)27-10-7-6-9-24(27)21-35)33(39)37(32-17-18-36-38(29)32)25-13-15-26(16-14-25)43-30(5-2)34(40)41/h6-7,9-12,17-18,20,25-26,30H,4-5,8,13-16,19H2,1-3H3,(H,40,41). The van der Waals surface area contributed by atoms with Gasteiger partial charge < -0.3 is 14.6 Å². The molecule has 1 saturated carbocycles. The number of carbonyl (C=O) groups is 1. The Morgan fingerprint density at radius 3 is 2.58 bits per heavy atom. The van der Waals surface area contributed by atoms with Crippen LogP contribution >= 0.6 is 0 Å². The van der Waals surface area contributed by atoms with Crippen molar-refractivity contribution in [2.24, 2.45) is 0 Å². The number of aromatic nitrogens is 3. The highest BCUT2D eigenvalue weighted by Gasteiger charge is 2.30. The Hall–Kier alpha value is -4.42. The lowest BCUT2D eigenvalue weighted by Gasteiger charge is -2.32. The highest BCUT2D eigenvalue weighted by Crippen LogP contribution is 2.34. The van der Waals surface area contributed by atoms with Gasteiger partial charge in [-0.25, -0.2) is 9.31 Å². The molecule has 43 heavy (non-hydrogen) atoms. The molecule has 0 aliphatic heterocycles. The van der Waals surface area contributed by atoms with E-state index in [1.807, 2.05) is 58.5 Å². The van der Waals surface area contributed by atoms with Gasteiger partial charge in [-0.1, -0.05) is 50.6 Å². The van der Waals surface area contributed by atoms with E-state index in [2.05, 4.69) is 18.1 Å². The first-order valence-electron chi connectivity index (χ1n) is 15.0. The normalized spacial score (nSPS) is 17.4. The topological polar surface area (TPSA) is 119 Å². The minimum absolute atomic E-state index is 0.0289. The summed E-state index contributed by atoms with van der Waals surface area (Å²) in [5.74, 6) is -0.281. The van der Waals surface area contributed by atoms with Crippen LogP contribution < -0.4 is 10.3 Å². The first-order chi connectivity index (χ1) is 20.9. The number of benzene rings is 2. The second-order valence-corrected chi connectivity index (χ2v) is 11.1. The molecule has 5 rings (SSSR count). The molecule has 9 heteroatoms. The lowest BCUT2D eigenvalue weighted by atomic mass is 9.92. The zero-order valence-corrected chi connectivity index (χ0v) is 25.0. The minimum Gasteiger partial charge on any atom is -0.496 e. The summed E-state index contributed by atoms with van der Waals surface area (Å²) in [6.45, 7) is 3.90. The Kier molecular flexibility index (Phi) is 9.27. The summed E-state index contributed by atoms with van der Waals surface area (Å²) in [5, 5.41) is 23.7. The lowest BCUT2D eigenvalue weighted by molar-refractivity contribution is -0.156. The minimum atomic E-state index is -0.935. The van der Waals surface area contributed by atoms with E-state index in [0.717, 1.165) is 34.5 Å². The highest BCUT2D eigenvalue weighted by molar-refractivity contribution is 5.72. The molecule has 2 aromatic heterocycles. The van der Waals surface area contributed by atoms with Crippen LogP contribution in [-0.4, -0.2) is 44.6 Å². The average Bonchev–Trinajstić information content (AvgIpc) is 3.51. The number of aliphatic carboxylic acids is 1. The molecule has 0 saturated heterocycles. The van der Waals surface area contributed by atoms with Crippen molar-refractivity contribution in [1.82, 2.24) is 14.2 Å². The summed E-state index contributed by atoms with van der Waals surface area (Å²) in [7, 11) is 1.62. The van der Waals surface area contributed by atoms with Crippen LogP contribution in [0.3, 0.4) is 0 Å². The smallest absolute Gasteiger partial charge is 0.332 e. The molecule has 9 nitrogen and oxygen atoms in total. The number of nitrogens with zero attached hydrogens (tertiary/aromatic N) is 4. The van der Waals surface area contributed by atoms with Gasteiger partial charge in [0.05, 0.1) is 36.7 Å². The zero-order chi connectivity index (χ0) is 30.5. The van der Waals surface area contributed by atoms with Gasteiger partial charge >= 0.3 is 5.97 Å². The molecule has 1 aliphatic carbocycles. The molecule has 0 spiro atoms. The maximum Gasteiger partial charge on any atom is 0.332 e. The van der Waals surface area contributed by atoms with E-state index in [0.29, 0.717) is 61.8 Å². The molecule has 1 unspecified atom stereocenters. The fourth-order valence-corrected chi connectivity index (χ4v) is 6.29. The van der Waals surface area contributed by atoms with Crippen molar-refractivity contribution in [3.63, 3.8) is 0 Å². The number of carboxylic acid groups (broad SMARTS) is 1. The summed E-state index contributed by atoms with van der Waals surface area (Å²) >= 11 is 0. The zero-order valence-electron chi connectivity index (χ0n) is 25.0. The van der Waals surface area contributed by atoms with Crippen molar-refractivity contribution in [3.05, 3.63) is 87.5 Å². The molecule has 224 valence electrons. The van der Waals surface area contributed by atoms with E-state index in [9.17, 15) is 20.0 Å². The van der Waals surface area contributed by atoms with E-state index >= 15 is 0 Å². The van der Waals surface area contributed by atoms with Gasteiger partial charge in [-0.15, -0.1) is 0 Å². The molecule has 0 radical (unpaired) electrons. The van der Waals surface area contributed by atoms with Crippen molar-refractivity contribution in [3.8, 4) is 22.9 Å². The van der Waals surface area contributed by atoms with E-state index < -0.39 is 12.1 Å². The summed E-state index contributed by atoms with van der Waals surface area (Å²) in [5.41, 5.74) is 5.50. The number of methoxy groups -OCH3 is 1. The number of fused-ring (bicyclic) bond motifs is 1. The number of nitriles is 1. The van der Waals surface area contributed by atoms with Crippen LogP contribution in [-0.2, 0) is 22.4 Å². The Labute approximate surface area is 251 Å². The van der Waals surface area contributed by atoms with Crippen LogP contribution in [0.5, 0.6) is 5.75 Å². The average molecular weight is 583 g/mol. The van der Waals surface area contributed by atoms with Gasteiger partial charge in [0.2, 0.25) is 0 Å². The molecule has 0 bridgehead atoms. The Balaban J connectivity index is 1.51. The number of aryl methyl sites for hydroxylation is 1. The van der Waals surface area contributed by atoms with E-state index in [1.165, 1.54) is 0 Å². The molecular weight excluding hydrogens is 544 g/mol. The first-order valence-corrected chi connectivity index (χ1v) is 15.0. The van der Waals surface area contributed by atoms with Gasteiger partial charge in [0.15, 0.2) is 6.10 Å². The van der Waals surface area contributed by atoms with Crippen molar-refractivity contribution in [2.75, 3.05) is 7.11 Å². The fraction of sp³-hybridized carbons (Fsp3) is 0.412. The number of rotatable bonds is 11. The van der Waals surface area contributed by atoms with Gasteiger partial charge in [-0.2, -0.15) is 10.4 Å². The summed E-state index contributed by atoms with van der Waals surface area (Å²) < 4.78 is 15.5.